The zero-order valence-corrected chi connectivity index (χ0v) is 24.5. The molecular weight excluding hydrogens is 518 g/mol. The first kappa shape index (κ1) is 30.2. The quantitative estimate of drug-likeness (QED) is 0.304. The van der Waals surface area contributed by atoms with Crippen LogP contribution in [0.15, 0.2) is 54.3 Å². The Bertz CT molecular complexity index is 1220. The molecule has 0 radical (unpaired) electrons. The summed E-state index contributed by atoms with van der Waals surface area (Å²) in [6.07, 6.45) is 11.9. The van der Waals surface area contributed by atoms with Gasteiger partial charge in [0.1, 0.15) is 17.4 Å². The SMILES string of the molecule is CCOC(=O)C1CCC(c2cnc(C)nc2)CC1.CN1C2CCC1CN(C(/C=C(\N)c1ccccc1O)=C(N)N)C2. The number of piperazine rings is 1. The first-order valence-corrected chi connectivity index (χ1v) is 14.6. The fourth-order valence-corrected chi connectivity index (χ4v) is 6.15. The number of rotatable bonds is 6. The fourth-order valence-electron chi connectivity index (χ4n) is 6.15. The van der Waals surface area contributed by atoms with Gasteiger partial charge in [-0.15, -0.1) is 0 Å². The molecule has 1 aromatic heterocycles. The Kier molecular flexibility index (Phi) is 10.1. The third kappa shape index (κ3) is 7.49. The maximum absolute atomic E-state index is 11.6. The molecule has 2 atom stereocenters. The Morgan fingerprint density at radius 2 is 1.63 bits per heavy atom. The van der Waals surface area contributed by atoms with Gasteiger partial charge in [-0.25, -0.2) is 9.97 Å². The number of nitrogens with zero attached hydrogens (tertiary/aromatic N) is 4. The number of aromatic hydroxyl groups is 1. The van der Waals surface area contributed by atoms with Crippen LogP contribution in [-0.4, -0.2) is 69.7 Å². The largest absolute Gasteiger partial charge is 0.507 e. The van der Waals surface area contributed by atoms with Gasteiger partial charge in [0.25, 0.3) is 0 Å². The Morgan fingerprint density at radius 3 is 2.20 bits per heavy atom. The van der Waals surface area contributed by atoms with Gasteiger partial charge in [0.2, 0.25) is 0 Å². The monoisotopic (exact) mass is 563 g/mol. The number of hydrogen-bond acceptors (Lipinski definition) is 10. The van der Waals surface area contributed by atoms with Gasteiger partial charge in [0.15, 0.2) is 0 Å². The highest BCUT2D eigenvalue weighted by Gasteiger charge is 2.38. The Hall–Kier alpha value is -3.79. The average Bonchev–Trinajstić information content (AvgIpc) is 3.16. The first-order valence-electron chi connectivity index (χ1n) is 14.6. The summed E-state index contributed by atoms with van der Waals surface area (Å²) in [4.78, 5) is 24.8. The zero-order valence-electron chi connectivity index (χ0n) is 24.5. The van der Waals surface area contributed by atoms with Crippen molar-refractivity contribution in [3.63, 3.8) is 0 Å². The number of esters is 1. The molecule has 1 saturated carbocycles. The van der Waals surface area contributed by atoms with Gasteiger partial charge in [-0.05, 0) is 89.1 Å². The van der Waals surface area contributed by atoms with Crippen molar-refractivity contribution < 1.29 is 14.6 Å². The Labute approximate surface area is 243 Å². The number of hydrogen-bond donors (Lipinski definition) is 4. The Morgan fingerprint density at radius 1 is 1.02 bits per heavy atom. The molecule has 222 valence electrons. The van der Waals surface area contributed by atoms with Crippen molar-refractivity contribution in [1.82, 2.24) is 19.8 Å². The Balaban J connectivity index is 0.000000195. The summed E-state index contributed by atoms with van der Waals surface area (Å²) in [6.45, 7) is 6.01. The number of nitrogens with two attached hydrogens (primary N) is 3. The third-order valence-corrected chi connectivity index (χ3v) is 8.61. The lowest BCUT2D eigenvalue weighted by Crippen LogP contribution is -2.51. The number of ether oxygens (including phenoxy) is 1. The summed E-state index contributed by atoms with van der Waals surface area (Å²) >= 11 is 0. The molecule has 2 bridgehead atoms. The van der Waals surface area contributed by atoms with Crippen LogP contribution in [0.4, 0.5) is 0 Å². The lowest BCUT2D eigenvalue weighted by molar-refractivity contribution is -0.149. The normalized spacial score (nSPS) is 24.3. The minimum atomic E-state index is -0.0314. The molecular formula is C31H45N7O3. The van der Waals surface area contributed by atoms with E-state index in [9.17, 15) is 9.90 Å². The topological polar surface area (TPSA) is 157 Å². The predicted molar refractivity (Wildman–Crippen MR) is 160 cm³/mol. The highest BCUT2D eigenvalue weighted by Crippen LogP contribution is 2.36. The molecule has 3 fully saturated rings. The van der Waals surface area contributed by atoms with Crippen LogP contribution in [0.5, 0.6) is 5.75 Å². The van der Waals surface area contributed by atoms with E-state index in [0.29, 0.717) is 35.9 Å². The number of phenolic OH excluding ortho intramolecular Hbond substituents is 1. The van der Waals surface area contributed by atoms with Crippen molar-refractivity contribution in [3.8, 4) is 5.75 Å². The van der Waals surface area contributed by atoms with E-state index < -0.39 is 0 Å². The average molecular weight is 564 g/mol. The molecule has 2 unspecified atom stereocenters. The number of aryl methyl sites for hydroxylation is 1. The van der Waals surface area contributed by atoms with Crippen molar-refractivity contribution in [2.45, 2.75) is 70.4 Å². The number of benzene rings is 1. The smallest absolute Gasteiger partial charge is 0.308 e. The number of para-hydroxylation sites is 1. The molecule has 1 aliphatic carbocycles. The maximum atomic E-state index is 11.6. The number of likely N-dealkylation sites (N-methyl/N-ethyl adjacent to an activating group) is 1. The van der Waals surface area contributed by atoms with Gasteiger partial charge in [-0.3, -0.25) is 9.69 Å². The molecule has 3 aliphatic rings. The van der Waals surface area contributed by atoms with E-state index in [1.807, 2.05) is 32.3 Å². The second-order valence-corrected chi connectivity index (χ2v) is 11.3. The van der Waals surface area contributed by atoms with Gasteiger partial charge >= 0.3 is 5.97 Å². The van der Waals surface area contributed by atoms with Gasteiger partial charge in [-0.2, -0.15) is 0 Å². The van der Waals surface area contributed by atoms with E-state index in [4.69, 9.17) is 21.9 Å². The van der Waals surface area contributed by atoms with Crippen LogP contribution in [0.1, 0.15) is 68.3 Å². The number of allylic oxidation sites excluding steroid dienone is 1. The van der Waals surface area contributed by atoms with Crippen molar-refractivity contribution in [2.75, 3.05) is 26.7 Å². The zero-order chi connectivity index (χ0) is 29.5. The highest BCUT2D eigenvalue weighted by atomic mass is 16.5. The first-order chi connectivity index (χ1) is 19.7. The van der Waals surface area contributed by atoms with Gasteiger partial charge in [-0.1, -0.05) is 12.1 Å². The molecule has 1 aromatic carbocycles. The summed E-state index contributed by atoms with van der Waals surface area (Å²) in [7, 11) is 2.18. The number of fused-ring (bicyclic) bond motifs is 2. The molecule has 41 heavy (non-hydrogen) atoms. The van der Waals surface area contributed by atoms with E-state index in [1.165, 1.54) is 18.4 Å². The van der Waals surface area contributed by atoms with E-state index in [0.717, 1.165) is 50.3 Å². The van der Waals surface area contributed by atoms with Gasteiger partial charge < -0.3 is 31.9 Å². The van der Waals surface area contributed by atoms with Crippen LogP contribution in [0, 0.1) is 12.8 Å². The third-order valence-electron chi connectivity index (χ3n) is 8.61. The number of aromatic nitrogens is 2. The van der Waals surface area contributed by atoms with Gasteiger partial charge in [0.05, 0.1) is 18.2 Å². The minimum absolute atomic E-state index is 0.0314. The van der Waals surface area contributed by atoms with E-state index >= 15 is 0 Å². The van der Waals surface area contributed by atoms with Crippen molar-refractivity contribution in [1.29, 1.82) is 0 Å². The van der Waals surface area contributed by atoms with Gasteiger partial charge in [0, 0.05) is 48.8 Å². The molecule has 5 rings (SSSR count). The van der Waals surface area contributed by atoms with Crippen LogP contribution in [-0.2, 0) is 9.53 Å². The molecule has 7 N–H and O–H groups in total. The number of carbonyl (C=O) groups is 1. The summed E-state index contributed by atoms with van der Waals surface area (Å²) in [5.74, 6) is 1.76. The molecule has 0 spiro atoms. The standard InChI is InChI=1S/C17H25N5O.C14H20N2O2/c1-21-11-6-7-12(21)10-22(9-11)15(17(19)20)8-14(18)13-4-2-3-5-16(13)23;1-3-18-14(17)12-6-4-11(5-7-12)13-8-15-10(2)16-9-13/h2-5,8,11-12,23H,6-7,9-10,18-20H2,1H3;8-9,11-12H,3-7H2,1-2H3/b14-8-;. The second kappa shape index (κ2) is 13.7. The summed E-state index contributed by atoms with van der Waals surface area (Å²) in [5.41, 5.74) is 21.0. The highest BCUT2D eigenvalue weighted by molar-refractivity contribution is 5.72. The van der Waals surface area contributed by atoms with Crippen LogP contribution in [0.3, 0.4) is 0 Å². The molecule has 2 saturated heterocycles. The molecule has 2 aromatic rings. The summed E-state index contributed by atoms with van der Waals surface area (Å²) in [5, 5.41) is 9.95. The summed E-state index contributed by atoms with van der Waals surface area (Å²) in [6, 6.07) is 8.05. The van der Waals surface area contributed by atoms with Crippen LogP contribution < -0.4 is 17.2 Å². The van der Waals surface area contributed by atoms with Crippen LogP contribution >= 0.6 is 0 Å². The maximum Gasteiger partial charge on any atom is 0.308 e. The van der Waals surface area contributed by atoms with E-state index in [2.05, 4.69) is 26.8 Å². The van der Waals surface area contributed by atoms with Crippen molar-refractivity contribution in [3.05, 3.63) is 71.2 Å². The van der Waals surface area contributed by atoms with E-state index in [-0.39, 0.29) is 23.5 Å². The minimum Gasteiger partial charge on any atom is -0.507 e. The lowest BCUT2D eigenvalue weighted by Gasteiger charge is -2.40. The van der Waals surface area contributed by atoms with Crippen LogP contribution in [0.25, 0.3) is 5.70 Å². The molecule has 3 heterocycles. The summed E-state index contributed by atoms with van der Waals surface area (Å²) < 4.78 is 5.07. The van der Waals surface area contributed by atoms with Crippen molar-refractivity contribution >= 4 is 11.7 Å². The lowest BCUT2D eigenvalue weighted by atomic mass is 9.79. The number of phenols is 1. The number of likely N-dealkylation sites (tertiary alicyclic amines) is 1. The van der Waals surface area contributed by atoms with Crippen molar-refractivity contribution in [2.24, 2.45) is 23.1 Å². The fraction of sp³-hybridized carbons (Fsp3) is 0.516. The van der Waals surface area contributed by atoms with Crippen LogP contribution in [0.2, 0.25) is 0 Å². The molecule has 0 amide bonds. The predicted octanol–water partition coefficient (Wildman–Crippen LogP) is 3.18. The van der Waals surface area contributed by atoms with E-state index in [1.54, 1.807) is 24.3 Å². The number of carbonyl (C=O) groups excluding carboxylic acids is 1. The molecule has 10 heteroatoms. The molecule has 10 nitrogen and oxygen atoms in total. The second-order valence-electron chi connectivity index (χ2n) is 11.3. The molecule has 2 aliphatic heterocycles.